The highest BCUT2D eigenvalue weighted by Crippen LogP contribution is 2.18. The summed E-state index contributed by atoms with van der Waals surface area (Å²) >= 11 is 0. The molecule has 0 bridgehead atoms. The van der Waals surface area contributed by atoms with Gasteiger partial charge in [-0.2, -0.15) is 0 Å². The number of benzene rings is 1. The summed E-state index contributed by atoms with van der Waals surface area (Å²) in [6, 6.07) is 12.4. The topological polar surface area (TPSA) is 63.8 Å². The summed E-state index contributed by atoms with van der Waals surface area (Å²) in [5, 5.41) is 3.35. The Labute approximate surface area is 126 Å². The van der Waals surface area contributed by atoms with Crippen LogP contribution in [-0.4, -0.2) is 16.5 Å². The van der Waals surface area contributed by atoms with Crippen molar-refractivity contribution in [2.45, 2.75) is 39.0 Å². The van der Waals surface area contributed by atoms with Crippen molar-refractivity contribution in [3.63, 3.8) is 0 Å². The lowest BCUT2D eigenvalue weighted by Gasteiger charge is -2.13. The number of hydrogen-bond donors (Lipinski definition) is 2. The molecule has 0 amide bonds. The quantitative estimate of drug-likeness (QED) is 0.815. The van der Waals surface area contributed by atoms with Crippen molar-refractivity contribution in [1.29, 1.82) is 0 Å². The van der Waals surface area contributed by atoms with Crippen LogP contribution in [0.1, 0.15) is 44.0 Å². The molecular weight excluding hydrogens is 260 g/mol. The minimum absolute atomic E-state index is 0.521. The second kappa shape index (κ2) is 7.62. The lowest BCUT2D eigenvalue weighted by Crippen LogP contribution is -2.09. The van der Waals surface area contributed by atoms with Gasteiger partial charge in [0.1, 0.15) is 17.5 Å². The first-order valence-electron chi connectivity index (χ1n) is 7.61. The number of aryl methyl sites for hydroxylation is 1. The Morgan fingerprint density at radius 1 is 1.19 bits per heavy atom. The zero-order valence-corrected chi connectivity index (χ0v) is 12.8. The average molecular weight is 284 g/mol. The predicted molar refractivity (Wildman–Crippen MR) is 88.4 cm³/mol. The molecule has 0 aliphatic rings. The Morgan fingerprint density at radius 2 is 1.95 bits per heavy atom. The van der Waals surface area contributed by atoms with E-state index in [-0.39, 0.29) is 0 Å². The molecule has 2 aromatic rings. The second-order valence-corrected chi connectivity index (χ2v) is 5.37. The molecule has 1 unspecified atom stereocenters. The monoisotopic (exact) mass is 284 g/mol. The number of anilines is 2. The Bertz CT molecular complexity index is 554. The van der Waals surface area contributed by atoms with E-state index in [4.69, 9.17) is 5.73 Å². The zero-order chi connectivity index (χ0) is 15.1. The summed E-state index contributed by atoms with van der Waals surface area (Å²) in [6.07, 6.45) is 2.94. The summed E-state index contributed by atoms with van der Waals surface area (Å²) in [5.41, 5.74) is 7.19. The molecule has 1 aromatic carbocycles. The average Bonchev–Trinajstić information content (AvgIpc) is 2.48. The Balaban J connectivity index is 1.88. The van der Waals surface area contributed by atoms with E-state index in [1.54, 1.807) is 6.07 Å². The molecule has 0 radical (unpaired) electrons. The van der Waals surface area contributed by atoms with Gasteiger partial charge in [0.2, 0.25) is 0 Å². The molecule has 0 aliphatic carbocycles. The molecule has 2 rings (SSSR count). The largest absolute Gasteiger partial charge is 0.384 e. The van der Waals surface area contributed by atoms with Crippen molar-refractivity contribution in [3.05, 3.63) is 47.8 Å². The number of nitrogen functional groups attached to an aromatic ring is 1. The SMILES string of the molecule is CCCc1nc(N)cc(NCCC(C)c2ccccc2)n1. The maximum atomic E-state index is 5.82. The molecule has 112 valence electrons. The van der Waals surface area contributed by atoms with Gasteiger partial charge in [0.05, 0.1) is 0 Å². The third kappa shape index (κ3) is 4.74. The number of rotatable bonds is 7. The van der Waals surface area contributed by atoms with Crippen molar-refractivity contribution in [2.75, 3.05) is 17.6 Å². The molecule has 21 heavy (non-hydrogen) atoms. The van der Waals surface area contributed by atoms with E-state index in [0.29, 0.717) is 11.7 Å². The third-order valence-electron chi connectivity index (χ3n) is 3.52. The van der Waals surface area contributed by atoms with Gasteiger partial charge in [-0.05, 0) is 24.3 Å². The van der Waals surface area contributed by atoms with Crippen LogP contribution < -0.4 is 11.1 Å². The summed E-state index contributed by atoms with van der Waals surface area (Å²) in [4.78, 5) is 8.73. The number of hydrogen-bond acceptors (Lipinski definition) is 4. The van der Waals surface area contributed by atoms with Crippen LogP contribution in [0, 0.1) is 0 Å². The van der Waals surface area contributed by atoms with Crippen LogP contribution in [0.25, 0.3) is 0 Å². The van der Waals surface area contributed by atoms with Gasteiger partial charge in [0, 0.05) is 19.0 Å². The van der Waals surface area contributed by atoms with E-state index >= 15 is 0 Å². The van der Waals surface area contributed by atoms with Crippen LogP contribution in [0.3, 0.4) is 0 Å². The number of nitrogens with zero attached hydrogens (tertiary/aromatic N) is 2. The summed E-state index contributed by atoms with van der Waals surface area (Å²) in [5.74, 6) is 2.70. The highest BCUT2D eigenvalue weighted by molar-refractivity contribution is 5.44. The zero-order valence-electron chi connectivity index (χ0n) is 12.8. The Morgan fingerprint density at radius 3 is 2.67 bits per heavy atom. The number of aromatic nitrogens is 2. The highest BCUT2D eigenvalue weighted by atomic mass is 15.0. The predicted octanol–water partition coefficient (Wildman–Crippen LogP) is 3.62. The molecule has 0 saturated heterocycles. The third-order valence-corrected chi connectivity index (χ3v) is 3.52. The van der Waals surface area contributed by atoms with E-state index in [1.165, 1.54) is 5.56 Å². The molecule has 0 spiro atoms. The van der Waals surface area contributed by atoms with Crippen LogP contribution in [0.15, 0.2) is 36.4 Å². The van der Waals surface area contributed by atoms with Crippen LogP contribution in [-0.2, 0) is 6.42 Å². The van der Waals surface area contributed by atoms with E-state index in [1.807, 2.05) is 6.07 Å². The minimum Gasteiger partial charge on any atom is -0.384 e. The van der Waals surface area contributed by atoms with E-state index in [9.17, 15) is 0 Å². The summed E-state index contributed by atoms with van der Waals surface area (Å²) < 4.78 is 0. The van der Waals surface area contributed by atoms with E-state index in [2.05, 4.69) is 53.4 Å². The second-order valence-electron chi connectivity index (χ2n) is 5.37. The molecule has 1 heterocycles. The van der Waals surface area contributed by atoms with Crippen LogP contribution in [0.2, 0.25) is 0 Å². The molecule has 0 aliphatic heterocycles. The molecule has 4 heteroatoms. The molecule has 1 atom stereocenters. The van der Waals surface area contributed by atoms with E-state index < -0.39 is 0 Å². The van der Waals surface area contributed by atoms with E-state index in [0.717, 1.165) is 37.4 Å². The standard InChI is InChI=1S/C17H24N4/c1-3-7-16-20-15(18)12-17(21-16)19-11-10-13(2)14-8-5-4-6-9-14/h4-6,8-9,12-13H,3,7,10-11H2,1-2H3,(H3,18,19,20,21). The molecule has 0 fully saturated rings. The van der Waals surface area contributed by atoms with Gasteiger partial charge in [0.15, 0.2) is 0 Å². The Kier molecular flexibility index (Phi) is 5.55. The number of nitrogens with two attached hydrogens (primary N) is 1. The first-order valence-corrected chi connectivity index (χ1v) is 7.61. The normalized spacial score (nSPS) is 12.1. The van der Waals surface area contributed by atoms with Crippen molar-refractivity contribution >= 4 is 11.6 Å². The van der Waals surface area contributed by atoms with Crippen LogP contribution >= 0.6 is 0 Å². The van der Waals surface area contributed by atoms with Crippen molar-refractivity contribution < 1.29 is 0 Å². The molecule has 0 saturated carbocycles. The van der Waals surface area contributed by atoms with Crippen molar-refractivity contribution in [1.82, 2.24) is 9.97 Å². The van der Waals surface area contributed by atoms with Gasteiger partial charge in [-0.1, -0.05) is 44.2 Å². The summed E-state index contributed by atoms with van der Waals surface area (Å²) in [6.45, 7) is 5.23. The van der Waals surface area contributed by atoms with Crippen molar-refractivity contribution in [3.8, 4) is 0 Å². The maximum Gasteiger partial charge on any atom is 0.133 e. The fourth-order valence-corrected chi connectivity index (χ4v) is 2.31. The molecular formula is C17H24N4. The van der Waals surface area contributed by atoms with Gasteiger partial charge >= 0.3 is 0 Å². The molecule has 3 N–H and O–H groups in total. The maximum absolute atomic E-state index is 5.82. The lowest BCUT2D eigenvalue weighted by molar-refractivity contribution is 0.704. The summed E-state index contributed by atoms with van der Waals surface area (Å²) in [7, 11) is 0. The first kappa shape index (κ1) is 15.3. The van der Waals surface area contributed by atoms with Crippen LogP contribution in [0.4, 0.5) is 11.6 Å². The number of nitrogens with one attached hydrogen (secondary N) is 1. The molecule has 4 nitrogen and oxygen atoms in total. The Hall–Kier alpha value is -2.10. The van der Waals surface area contributed by atoms with Crippen molar-refractivity contribution in [2.24, 2.45) is 0 Å². The lowest BCUT2D eigenvalue weighted by atomic mass is 9.98. The fraction of sp³-hybridized carbons (Fsp3) is 0.412. The first-order chi connectivity index (χ1) is 10.2. The highest BCUT2D eigenvalue weighted by Gasteiger charge is 2.06. The van der Waals surface area contributed by atoms with Gasteiger partial charge < -0.3 is 11.1 Å². The van der Waals surface area contributed by atoms with Gasteiger partial charge in [0.25, 0.3) is 0 Å². The minimum atomic E-state index is 0.521. The van der Waals surface area contributed by atoms with Gasteiger partial charge in [-0.3, -0.25) is 0 Å². The van der Waals surface area contributed by atoms with Gasteiger partial charge in [-0.15, -0.1) is 0 Å². The van der Waals surface area contributed by atoms with Gasteiger partial charge in [-0.25, -0.2) is 9.97 Å². The molecule has 1 aromatic heterocycles. The smallest absolute Gasteiger partial charge is 0.133 e. The van der Waals surface area contributed by atoms with Crippen LogP contribution in [0.5, 0.6) is 0 Å². The fourth-order valence-electron chi connectivity index (χ4n) is 2.31.